The van der Waals surface area contributed by atoms with Gasteiger partial charge >= 0.3 is 0 Å². The summed E-state index contributed by atoms with van der Waals surface area (Å²) in [5, 5.41) is 20.5. The van der Waals surface area contributed by atoms with E-state index in [0.29, 0.717) is 18.3 Å². The van der Waals surface area contributed by atoms with E-state index in [4.69, 9.17) is 0 Å². The van der Waals surface area contributed by atoms with Crippen LogP contribution in [0.25, 0.3) is 0 Å². The van der Waals surface area contributed by atoms with E-state index in [2.05, 4.69) is 34.6 Å². The SMILES string of the molecule is CC(C)(C)C(C)(C)C=O.CC1CC2(O)CC(C)CC(O)(C1)C2. The number of hydrogen-bond acceptors (Lipinski definition) is 3. The van der Waals surface area contributed by atoms with E-state index in [1.807, 2.05) is 13.8 Å². The Kier molecular flexibility index (Phi) is 5.57. The molecule has 0 atom stereocenters. The van der Waals surface area contributed by atoms with Gasteiger partial charge < -0.3 is 15.0 Å². The summed E-state index contributed by atoms with van der Waals surface area (Å²) in [6, 6.07) is 0. The summed E-state index contributed by atoms with van der Waals surface area (Å²) in [6.07, 6.45) is 5.13. The molecule has 3 nitrogen and oxygen atoms in total. The lowest BCUT2D eigenvalue weighted by molar-refractivity contribution is -0.162. The molecule has 2 rings (SSSR count). The van der Waals surface area contributed by atoms with E-state index in [0.717, 1.165) is 32.0 Å². The minimum absolute atomic E-state index is 0.0781. The highest BCUT2D eigenvalue weighted by atomic mass is 16.3. The summed E-state index contributed by atoms with van der Waals surface area (Å²) in [5.41, 5.74) is -1.25. The van der Waals surface area contributed by atoms with Gasteiger partial charge in [-0.15, -0.1) is 0 Å². The van der Waals surface area contributed by atoms with Crippen LogP contribution in [0.1, 0.15) is 80.6 Å². The highest BCUT2D eigenvalue weighted by molar-refractivity contribution is 5.59. The van der Waals surface area contributed by atoms with Crippen molar-refractivity contribution in [2.24, 2.45) is 22.7 Å². The monoisotopic (exact) mass is 312 g/mol. The van der Waals surface area contributed by atoms with Crippen LogP contribution in [0.15, 0.2) is 0 Å². The van der Waals surface area contributed by atoms with Crippen molar-refractivity contribution in [3.8, 4) is 0 Å². The first-order valence-corrected chi connectivity index (χ1v) is 8.63. The molecule has 0 amide bonds. The molecule has 0 aromatic rings. The summed E-state index contributed by atoms with van der Waals surface area (Å²) in [5.74, 6) is 0.937. The molecule has 0 aromatic carbocycles. The van der Waals surface area contributed by atoms with Crippen molar-refractivity contribution in [3.05, 3.63) is 0 Å². The zero-order valence-electron chi connectivity index (χ0n) is 15.6. The normalized spacial score (nSPS) is 38.8. The molecule has 2 bridgehead atoms. The second-order valence-corrected chi connectivity index (χ2v) is 9.74. The first-order valence-electron chi connectivity index (χ1n) is 8.63. The van der Waals surface area contributed by atoms with Gasteiger partial charge in [0.1, 0.15) is 6.29 Å². The maximum absolute atomic E-state index is 10.5. The van der Waals surface area contributed by atoms with Gasteiger partial charge in [-0.05, 0) is 42.9 Å². The summed E-state index contributed by atoms with van der Waals surface area (Å²) >= 11 is 0. The van der Waals surface area contributed by atoms with Gasteiger partial charge in [0.25, 0.3) is 0 Å². The second-order valence-electron chi connectivity index (χ2n) is 9.74. The molecule has 22 heavy (non-hydrogen) atoms. The Hall–Kier alpha value is -0.410. The maximum atomic E-state index is 10.5. The Morgan fingerprint density at radius 2 is 1.18 bits per heavy atom. The lowest BCUT2D eigenvalue weighted by Gasteiger charge is -2.51. The number of aliphatic hydroxyl groups is 2. The van der Waals surface area contributed by atoms with Crippen LogP contribution in [0, 0.1) is 22.7 Å². The minimum atomic E-state index is -0.565. The highest BCUT2D eigenvalue weighted by Gasteiger charge is 2.50. The van der Waals surface area contributed by atoms with Gasteiger partial charge in [0.2, 0.25) is 0 Å². The van der Waals surface area contributed by atoms with Crippen LogP contribution in [0.5, 0.6) is 0 Å². The van der Waals surface area contributed by atoms with Gasteiger partial charge in [-0.25, -0.2) is 0 Å². The van der Waals surface area contributed by atoms with Crippen molar-refractivity contribution in [1.29, 1.82) is 0 Å². The molecule has 0 radical (unpaired) electrons. The lowest BCUT2D eigenvalue weighted by atomic mass is 9.60. The van der Waals surface area contributed by atoms with Gasteiger partial charge in [-0.3, -0.25) is 0 Å². The van der Waals surface area contributed by atoms with Gasteiger partial charge in [0.05, 0.1) is 11.2 Å². The van der Waals surface area contributed by atoms with Gasteiger partial charge in [-0.1, -0.05) is 48.5 Å². The summed E-state index contributed by atoms with van der Waals surface area (Å²) in [6.45, 7) is 14.4. The van der Waals surface area contributed by atoms with Crippen LogP contribution in [0.4, 0.5) is 0 Å². The Labute approximate surface area is 136 Å². The topological polar surface area (TPSA) is 57.5 Å². The number of rotatable bonds is 1. The van der Waals surface area contributed by atoms with Gasteiger partial charge in [0, 0.05) is 11.8 Å². The average Bonchev–Trinajstić information content (AvgIpc) is 2.22. The Morgan fingerprint density at radius 3 is 1.36 bits per heavy atom. The molecular formula is C19H36O3. The van der Waals surface area contributed by atoms with Crippen molar-refractivity contribution in [3.63, 3.8) is 0 Å². The molecule has 0 unspecified atom stereocenters. The van der Waals surface area contributed by atoms with E-state index in [1.54, 1.807) is 0 Å². The largest absolute Gasteiger partial charge is 0.390 e. The molecular weight excluding hydrogens is 276 g/mol. The van der Waals surface area contributed by atoms with Crippen molar-refractivity contribution < 1.29 is 15.0 Å². The zero-order chi connectivity index (χ0) is 17.4. The fourth-order valence-electron chi connectivity index (χ4n) is 3.98. The van der Waals surface area contributed by atoms with Crippen LogP contribution in [-0.4, -0.2) is 27.7 Å². The van der Waals surface area contributed by atoms with Crippen molar-refractivity contribution >= 4 is 6.29 Å². The molecule has 0 aliphatic heterocycles. The average molecular weight is 312 g/mol. The zero-order valence-corrected chi connectivity index (χ0v) is 15.6. The first-order chi connectivity index (χ1) is 9.72. The fraction of sp³-hybridized carbons (Fsp3) is 0.947. The molecule has 2 saturated carbocycles. The molecule has 2 aliphatic rings. The van der Waals surface area contributed by atoms with Crippen LogP contribution >= 0.6 is 0 Å². The predicted molar refractivity (Wildman–Crippen MR) is 90.6 cm³/mol. The smallest absolute Gasteiger partial charge is 0.126 e. The lowest BCUT2D eigenvalue weighted by Crippen LogP contribution is -2.53. The Bertz CT molecular complexity index is 358. The standard InChI is InChI=1S/C11H20O2.C8H16O/c1-8-3-10(12)5-9(2)6-11(13,4-8)7-10;1-7(2,3)8(4,5)6-9/h8-9,12-13H,3-7H2,1-2H3;6H,1-5H3. The third-order valence-electron chi connectivity index (χ3n) is 5.80. The molecule has 2 fully saturated rings. The molecule has 130 valence electrons. The third-order valence-corrected chi connectivity index (χ3v) is 5.80. The second kappa shape index (κ2) is 6.24. The van der Waals surface area contributed by atoms with Crippen LogP contribution in [-0.2, 0) is 4.79 Å². The van der Waals surface area contributed by atoms with Crippen LogP contribution in [0.3, 0.4) is 0 Å². The van der Waals surface area contributed by atoms with E-state index in [1.165, 1.54) is 0 Å². The third kappa shape index (κ3) is 4.79. The molecule has 2 N–H and O–H groups in total. The van der Waals surface area contributed by atoms with Crippen molar-refractivity contribution in [2.75, 3.05) is 0 Å². The molecule has 2 aliphatic carbocycles. The number of fused-ring (bicyclic) bond motifs is 2. The summed E-state index contributed by atoms with van der Waals surface area (Å²) in [4.78, 5) is 10.5. The van der Waals surface area contributed by atoms with E-state index < -0.39 is 11.2 Å². The molecule has 0 spiro atoms. The molecule has 3 heteroatoms. The quantitative estimate of drug-likeness (QED) is 0.721. The van der Waals surface area contributed by atoms with Gasteiger partial charge in [-0.2, -0.15) is 0 Å². The number of carbonyl (C=O) groups is 1. The summed E-state index contributed by atoms with van der Waals surface area (Å²) < 4.78 is 0. The summed E-state index contributed by atoms with van der Waals surface area (Å²) in [7, 11) is 0. The van der Waals surface area contributed by atoms with E-state index in [-0.39, 0.29) is 10.8 Å². The maximum Gasteiger partial charge on any atom is 0.126 e. The number of aldehydes is 1. The minimum Gasteiger partial charge on any atom is -0.390 e. The van der Waals surface area contributed by atoms with E-state index in [9.17, 15) is 15.0 Å². The molecule has 0 aromatic heterocycles. The fourth-order valence-corrected chi connectivity index (χ4v) is 3.98. The molecule has 0 saturated heterocycles. The number of hydrogen-bond donors (Lipinski definition) is 2. The van der Waals surface area contributed by atoms with Crippen LogP contribution in [0.2, 0.25) is 0 Å². The van der Waals surface area contributed by atoms with Crippen molar-refractivity contribution in [1.82, 2.24) is 0 Å². The van der Waals surface area contributed by atoms with E-state index >= 15 is 0 Å². The van der Waals surface area contributed by atoms with Crippen molar-refractivity contribution in [2.45, 2.75) is 91.8 Å². The number of carbonyl (C=O) groups excluding carboxylic acids is 1. The highest BCUT2D eigenvalue weighted by Crippen LogP contribution is 2.49. The predicted octanol–water partition coefficient (Wildman–Crippen LogP) is 3.96. The Morgan fingerprint density at radius 1 is 0.864 bits per heavy atom. The Balaban J connectivity index is 0.000000239. The van der Waals surface area contributed by atoms with Gasteiger partial charge in [0.15, 0.2) is 0 Å². The van der Waals surface area contributed by atoms with Crippen LogP contribution < -0.4 is 0 Å². The molecule has 0 heterocycles. The first kappa shape index (κ1) is 19.6.